The van der Waals surface area contributed by atoms with Gasteiger partial charge in [-0.1, -0.05) is 68.3 Å². The van der Waals surface area contributed by atoms with Crippen LogP contribution in [-0.2, 0) is 4.79 Å². The van der Waals surface area contributed by atoms with Crippen LogP contribution in [0.5, 0.6) is 0 Å². The molecule has 0 spiro atoms. The van der Waals surface area contributed by atoms with E-state index in [1.807, 2.05) is 49.4 Å². The van der Waals surface area contributed by atoms with E-state index in [-0.39, 0.29) is 17.9 Å². The van der Waals surface area contributed by atoms with Gasteiger partial charge in [0.15, 0.2) is 0 Å². The largest absolute Gasteiger partial charge is 0.349 e. The van der Waals surface area contributed by atoms with Gasteiger partial charge in [0.05, 0.1) is 10.6 Å². The lowest BCUT2D eigenvalue weighted by Crippen LogP contribution is -2.43. The van der Waals surface area contributed by atoms with Crippen molar-refractivity contribution in [1.82, 2.24) is 5.32 Å². The quantitative estimate of drug-likeness (QED) is 0.634. The Labute approximate surface area is 189 Å². The summed E-state index contributed by atoms with van der Waals surface area (Å²) in [5, 5.41) is 3.23. The Morgan fingerprint density at radius 2 is 1.97 bits per heavy atom. The molecule has 2 aliphatic rings. The first kappa shape index (κ1) is 21.7. The molecule has 162 valence electrons. The zero-order valence-corrected chi connectivity index (χ0v) is 19.5. The van der Waals surface area contributed by atoms with Gasteiger partial charge in [-0.05, 0) is 55.0 Å². The first-order valence-corrected chi connectivity index (χ1v) is 11.8. The highest BCUT2D eigenvalue weighted by atomic mass is 32.2. The van der Waals surface area contributed by atoms with Crippen LogP contribution < -0.4 is 10.2 Å². The van der Waals surface area contributed by atoms with E-state index >= 15 is 0 Å². The smallest absolute Gasteiger partial charge is 0.264 e. The van der Waals surface area contributed by atoms with Crippen LogP contribution in [0.4, 0.5) is 5.69 Å². The third-order valence-corrected chi connectivity index (χ3v) is 7.76. The van der Waals surface area contributed by atoms with E-state index in [0.29, 0.717) is 22.3 Å². The summed E-state index contributed by atoms with van der Waals surface area (Å²) in [5.74, 6) is 0.998. The Bertz CT molecular complexity index is 1050. The van der Waals surface area contributed by atoms with E-state index in [9.17, 15) is 9.59 Å². The summed E-state index contributed by atoms with van der Waals surface area (Å²) in [6, 6.07) is 14.0. The highest BCUT2D eigenvalue weighted by Gasteiger charge is 2.30. The number of carbonyl (C=O) groups is 2. The normalized spacial score (nSPS) is 24.8. The van der Waals surface area contributed by atoms with Crippen LogP contribution >= 0.6 is 11.8 Å². The number of anilines is 1. The van der Waals surface area contributed by atoms with E-state index in [1.54, 1.807) is 11.9 Å². The third-order valence-electron chi connectivity index (χ3n) is 6.68. The number of thioether (sulfide) groups is 1. The Balaban J connectivity index is 1.55. The molecule has 31 heavy (non-hydrogen) atoms. The van der Waals surface area contributed by atoms with Crippen molar-refractivity contribution in [3.8, 4) is 0 Å². The molecule has 0 saturated heterocycles. The predicted molar refractivity (Wildman–Crippen MR) is 128 cm³/mol. The van der Waals surface area contributed by atoms with Gasteiger partial charge in [0.25, 0.3) is 11.8 Å². The summed E-state index contributed by atoms with van der Waals surface area (Å²) >= 11 is 1.46. The van der Waals surface area contributed by atoms with Crippen molar-refractivity contribution >= 4 is 35.3 Å². The molecule has 5 heteroatoms. The number of benzene rings is 2. The maximum absolute atomic E-state index is 13.0. The number of rotatable bonds is 3. The molecule has 1 fully saturated rings. The van der Waals surface area contributed by atoms with Crippen LogP contribution in [0.15, 0.2) is 52.3 Å². The van der Waals surface area contributed by atoms with Gasteiger partial charge < -0.3 is 10.2 Å². The minimum atomic E-state index is -0.0549. The summed E-state index contributed by atoms with van der Waals surface area (Å²) in [6.07, 6.45) is 5.36. The molecule has 2 aromatic carbocycles. The fourth-order valence-corrected chi connectivity index (χ4v) is 5.58. The van der Waals surface area contributed by atoms with E-state index in [4.69, 9.17) is 0 Å². The van der Waals surface area contributed by atoms with Crippen molar-refractivity contribution in [3.63, 3.8) is 0 Å². The first-order valence-electron chi connectivity index (χ1n) is 11.0. The first-order chi connectivity index (χ1) is 14.8. The summed E-state index contributed by atoms with van der Waals surface area (Å²) in [7, 11) is 1.78. The Kier molecular flexibility index (Phi) is 6.24. The fourth-order valence-electron chi connectivity index (χ4n) is 4.48. The maximum atomic E-state index is 13.0. The molecule has 3 atom stereocenters. The molecule has 0 aromatic heterocycles. The van der Waals surface area contributed by atoms with Gasteiger partial charge in [-0.3, -0.25) is 9.59 Å². The van der Waals surface area contributed by atoms with Gasteiger partial charge in [0.2, 0.25) is 0 Å². The Morgan fingerprint density at radius 3 is 2.74 bits per heavy atom. The molecule has 2 aromatic rings. The third kappa shape index (κ3) is 4.57. The van der Waals surface area contributed by atoms with Crippen LogP contribution in [0.3, 0.4) is 0 Å². The van der Waals surface area contributed by atoms with Gasteiger partial charge in [-0.2, -0.15) is 0 Å². The van der Waals surface area contributed by atoms with Crippen LogP contribution in [0, 0.1) is 18.8 Å². The molecule has 1 saturated carbocycles. The van der Waals surface area contributed by atoms with Gasteiger partial charge in [-0.25, -0.2) is 0 Å². The second-order valence-corrected chi connectivity index (χ2v) is 10.0. The molecular weight excluding hydrogens is 404 g/mol. The van der Waals surface area contributed by atoms with E-state index in [0.717, 1.165) is 34.6 Å². The number of nitrogens with one attached hydrogen (secondary N) is 1. The number of carbonyl (C=O) groups excluding carboxylic acids is 2. The summed E-state index contributed by atoms with van der Waals surface area (Å²) in [6.45, 7) is 6.54. The van der Waals surface area contributed by atoms with Crippen molar-refractivity contribution < 1.29 is 9.59 Å². The summed E-state index contributed by atoms with van der Waals surface area (Å²) < 4.78 is 0. The fraction of sp³-hybridized carbons (Fsp3) is 0.385. The van der Waals surface area contributed by atoms with E-state index in [1.165, 1.54) is 18.2 Å². The molecule has 1 aliphatic carbocycles. The van der Waals surface area contributed by atoms with E-state index < -0.39 is 0 Å². The molecule has 0 radical (unpaired) electrons. The topological polar surface area (TPSA) is 49.4 Å². The zero-order valence-electron chi connectivity index (χ0n) is 18.6. The zero-order chi connectivity index (χ0) is 22.1. The molecule has 1 aliphatic heterocycles. The van der Waals surface area contributed by atoms with Gasteiger partial charge >= 0.3 is 0 Å². The number of hydrogen-bond acceptors (Lipinski definition) is 3. The lowest BCUT2D eigenvalue weighted by molar-refractivity contribution is -0.114. The highest BCUT2D eigenvalue weighted by molar-refractivity contribution is 8.04. The van der Waals surface area contributed by atoms with Crippen LogP contribution in [0.25, 0.3) is 6.08 Å². The average molecular weight is 435 g/mol. The molecule has 0 bridgehead atoms. The van der Waals surface area contributed by atoms with Crippen molar-refractivity contribution in [2.45, 2.75) is 51.0 Å². The van der Waals surface area contributed by atoms with Crippen molar-refractivity contribution in [2.24, 2.45) is 11.8 Å². The SMILES string of the molecule is Cc1cccc(/C=C2\Sc3ccc(C(=O)N[C@@H]4CCC[C@H](C)[C@H]4C)cc3N(C)C2=O)c1. The minimum Gasteiger partial charge on any atom is -0.349 e. The van der Waals surface area contributed by atoms with Crippen molar-refractivity contribution in [3.05, 3.63) is 64.1 Å². The monoisotopic (exact) mass is 434 g/mol. The second-order valence-electron chi connectivity index (χ2n) is 8.92. The number of amides is 2. The predicted octanol–water partition coefficient (Wildman–Crippen LogP) is 5.66. The number of likely N-dealkylation sites (N-methyl/N-ethyl adjacent to an activating group) is 1. The molecule has 2 amide bonds. The van der Waals surface area contributed by atoms with Crippen LogP contribution in [0.1, 0.15) is 54.6 Å². The lowest BCUT2D eigenvalue weighted by Gasteiger charge is -2.34. The lowest BCUT2D eigenvalue weighted by atomic mass is 9.78. The van der Waals surface area contributed by atoms with Crippen LogP contribution in [0.2, 0.25) is 0 Å². The summed E-state index contributed by atoms with van der Waals surface area (Å²) in [4.78, 5) is 29.2. The van der Waals surface area contributed by atoms with Crippen LogP contribution in [-0.4, -0.2) is 24.9 Å². The van der Waals surface area contributed by atoms with Gasteiger partial charge in [0.1, 0.15) is 0 Å². The van der Waals surface area contributed by atoms with Crippen molar-refractivity contribution in [2.75, 3.05) is 11.9 Å². The maximum Gasteiger partial charge on any atom is 0.264 e. The van der Waals surface area contributed by atoms with E-state index in [2.05, 4.69) is 25.2 Å². The second kappa shape index (κ2) is 8.91. The number of hydrogen-bond donors (Lipinski definition) is 1. The Morgan fingerprint density at radius 1 is 1.16 bits per heavy atom. The number of aryl methyl sites for hydroxylation is 1. The minimum absolute atomic E-state index is 0.0497. The molecule has 1 N–H and O–H groups in total. The van der Waals surface area contributed by atoms with Crippen molar-refractivity contribution in [1.29, 1.82) is 0 Å². The molecule has 4 rings (SSSR count). The highest BCUT2D eigenvalue weighted by Crippen LogP contribution is 2.42. The molecule has 0 unspecified atom stereocenters. The van der Waals surface area contributed by atoms with Gasteiger partial charge in [0, 0.05) is 23.5 Å². The number of nitrogens with zero attached hydrogens (tertiary/aromatic N) is 1. The molecule has 1 heterocycles. The van der Waals surface area contributed by atoms with Gasteiger partial charge in [-0.15, -0.1) is 0 Å². The molecular formula is C26H30N2O2S. The standard InChI is InChI=1S/C26H30N2O2S/c1-16-7-5-9-19(13-16)14-24-26(30)28(4)22-15-20(11-12-23(22)31-24)25(29)27-21-10-6-8-17(2)18(21)3/h5,7,9,11-15,17-18,21H,6,8,10H2,1-4H3,(H,27,29)/b24-14-/t17-,18+,21+/m0/s1. The Hall–Kier alpha value is -2.53. The number of fused-ring (bicyclic) bond motifs is 1. The summed E-state index contributed by atoms with van der Waals surface area (Å²) in [5.41, 5.74) is 3.57. The molecule has 4 nitrogen and oxygen atoms in total. The average Bonchev–Trinajstić information content (AvgIpc) is 2.75.